The van der Waals surface area contributed by atoms with Gasteiger partial charge in [0.15, 0.2) is 17.9 Å². The van der Waals surface area contributed by atoms with Crippen molar-refractivity contribution in [2.75, 3.05) is 6.61 Å². The third kappa shape index (κ3) is 3.82. The molecule has 5 atom stereocenters. The quantitative estimate of drug-likeness (QED) is 0.833. The molecule has 0 radical (unpaired) electrons. The molecule has 0 amide bonds. The SMILES string of the molecule is CC1(C)OC2OC(COc3ccc(Cl)cc3CN)C3OC(C)(C)OC3C2O1. The number of hydrogen-bond acceptors (Lipinski definition) is 7. The highest BCUT2D eigenvalue weighted by Gasteiger charge is 2.60. The van der Waals surface area contributed by atoms with Gasteiger partial charge in [0.25, 0.3) is 0 Å². The molecule has 1 aromatic rings. The Morgan fingerprint density at radius 1 is 1.00 bits per heavy atom. The molecule has 4 rings (SSSR count). The Morgan fingerprint density at radius 2 is 1.67 bits per heavy atom. The Labute approximate surface area is 163 Å². The van der Waals surface area contributed by atoms with Gasteiger partial charge in [0, 0.05) is 17.1 Å². The molecule has 8 heteroatoms. The highest BCUT2D eigenvalue weighted by Crippen LogP contribution is 2.44. The molecule has 2 N–H and O–H groups in total. The molecule has 0 aliphatic carbocycles. The highest BCUT2D eigenvalue weighted by molar-refractivity contribution is 6.30. The molecule has 3 fully saturated rings. The van der Waals surface area contributed by atoms with E-state index in [0.29, 0.717) is 17.3 Å². The van der Waals surface area contributed by atoms with E-state index in [1.54, 1.807) is 12.1 Å². The first-order valence-electron chi connectivity index (χ1n) is 9.15. The van der Waals surface area contributed by atoms with E-state index in [0.717, 1.165) is 5.56 Å². The zero-order valence-corrected chi connectivity index (χ0v) is 16.7. The third-order valence-corrected chi connectivity index (χ3v) is 5.13. The largest absolute Gasteiger partial charge is 0.490 e. The second kappa shape index (κ2) is 6.84. The van der Waals surface area contributed by atoms with Crippen molar-refractivity contribution in [3.05, 3.63) is 28.8 Å². The minimum atomic E-state index is -0.741. The molecule has 0 spiro atoms. The van der Waals surface area contributed by atoms with Gasteiger partial charge >= 0.3 is 0 Å². The molecule has 7 nitrogen and oxygen atoms in total. The summed E-state index contributed by atoms with van der Waals surface area (Å²) in [6.45, 7) is 8.07. The Balaban J connectivity index is 1.52. The van der Waals surface area contributed by atoms with Gasteiger partial charge in [0.05, 0.1) is 0 Å². The predicted octanol–water partition coefficient (Wildman–Crippen LogP) is 2.57. The fourth-order valence-electron chi connectivity index (χ4n) is 3.85. The molecule has 5 unspecified atom stereocenters. The second-order valence-corrected chi connectivity index (χ2v) is 8.41. The van der Waals surface area contributed by atoms with Crippen molar-refractivity contribution in [2.45, 2.75) is 76.5 Å². The van der Waals surface area contributed by atoms with Crippen molar-refractivity contribution in [1.29, 1.82) is 0 Å². The van der Waals surface area contributed by atoms with Gasteiger partial charge in [-0.05, 0) is 45.9 Å². The molecule has 150 valence electrons. The summed E-state index contributed by atoms with van der Waals surface area (Å²) in [6, 6.07) is 5.37. The summed E-state index contributed by atoms with van der Waals surface area (Å²) in [5.41, 5.74) is 6.63. The minimum absolute atomic E-state index is 0.266. The van der Waals surface area contributed by atoms with Crippen molar-refractivity contribution in [2.24, 2.45) is 5.73 Å². The van der Waals surface area contributed by atoms with E-state index < -0.39 is 17.9 Å². The maximum atomic E-state index is 6.14. The lowest BCUT2D eigenvalue weighted by Crippen LogP contribution is -2.56. The number of ether oxygens (including phenoxy) is 6. The van der Waals surface area contributed by atoms with Crippen LogP contribution in [0, 0.1) is 0 Å². The molecule has 1 aromatic carbocycles. The van der Waals surface area contributed by atoms with Gasteiger partial charge in [-0.3, -0.25) is 0 Å². The number of nitrogens with two attached hydrogens (primary N) is 1. The van der Waals surface area contributed by atoms with Gasteiger partial charge < -0.3 is 34.2 Å². The first-order chi connectivity index (χ1) is 12.7. The summed E-state index contributed by atoms with van der Waals surface area (Å²) < 4.78 is 36.2. The van der Waals surface area contributed by atoms with E-state index in [1.807, 2.05) is 33.8 Å². The molecule has 3 aliphatic rings. The number of benzene rings is 1. The van der Waals surface area contributed by atoms with E-state index in [4.69, 9.17) is 45.8 Å². The van der Waals surface area contributed by atoms with Gasteiger partial charge in [0.2, 0.25) is 0 Å². The van der Waals surface area contributed by atoms with Gasteiger partial charge in [-0.25, -0.2) is 0 Å². The van der Waals surface area contributed by atoms with Crippen LogP contribution < -0.4 is 10.5 Å². The number of halogens is 1. The Kier molecular flexibility index (Phi) is 4.91. The summed E-state index contributed by atoms with van der Waals surface area (Å²) in [6.07, 6.45) is -1.89. The first-order valence-corrected chi connectivity index (χ1v) is 9.53. The van der Waals surface area contributed by atoms with Crippen LogP contribution in [0.15, 0.2) is 18.2 Å². The molecule has 0 bridgehead atoms. The maximum Gasteiger partial charge on any atom is 0.190 e. The lowest BCUT2D eigenvalue weighted by Gasteiger charge is -2.37. The van der Waals surface area contributed by atoms with Crippen LogP contribution in [-0.2, 0) is 30.2 Å². The molecule has 3 heterocycles. The van der Waals surface area contributed by atoms with E-state index in [2.05, 4.69) is 0 Å². The fraction of sp³-hybridized carbons (Fsp3) is 0.684. The molecule has 0 aromatic heterocycles. The standard InChI is InChI=1S/C19H26ClNO6/c1-18(2)24-14-13(9-22-12-6-5-11(20)7-10(12)8-21)23-17-16(15(14)25-18)26-19(3,4)27-17/h5-7,13-17H,8-9,21H2,1-4H3. The van der Waals surface area contributed by atoms with Crippen molar-refractivity contribution in [3.8, 4) is 5.75 Å². The monoisotopic (exact) mass is 399 g/mol. The van der Waals surface area contributed by atoms with E-state index in [9.17, 15) is 0 Å². The zero-order valence-electron chi connectivity index (χ0n) is 15.9. The lowest BCUT2D eigenvalue weighted by atomic mass is 9.99. The molecular weight excluding hydrogens is 374 g/mol. The molecule has 3 saturated heterocycles. The number of hydrogen-bond donors (Lipinski definition) is 1. The van der Waals surface area contributed by atoms with Crippen LogP contribution in [0.2, 0.25) is 5.02 Å². The predicted molar refractivity (Wildman–Crippen MR) is 97.4 cm³/mol. The maximum absolute atomic E-state index is 6.14. The summed E-state index contributed by atoms with van der Waals surface area (Å²) in [7, 11) is 0. The van der Waals surface area contributed by atoms with Gasteiger partial charge in [0.1, 0.15) is 36.8 Å². The van der Waals surface area contributed by atoms with Crippen LogP contribution in [0.1, 0.15) is 33.3 Å². The smallest absolute Gasteiger partial charge is 0.190 e. The Morgan fingerprint density at radius 3 is 2.41 bits per heavy atom. The first kappa shape index (κ1) is 19.4. The van der Waals surface area contributed by atoms with Crippen molar-refractivity contribution >= 4 is 11.6 Å². The van der Waals surface area contributed by atoms with E-state index >= 15 is 0 Å². The van der Waals surface area contributed by atoms with Gasteiger partial charge in [-0.15, -0.1) is 0 Å². The lowest BCUT2D eigenvalue weighted by molar-refractivity contribution is -0.238. The van der Waals surface area contributed by atoms with Crippen LogP contribution in [0.4, 0.5) is 0 Å². The molecule has 27 heavy (non-hydrogen) atoms. The van der Waals surface area contributed by atoms with Crippen LogP contribution in [0.5, 0.6) is 5.75 Å². The zero-order chi connectivity index (χ0) is 19.4. The van der Waals surface area contributed by atoms with Crippen molar-refractivity contribution in [3.63, 3.8) is 0 Å². The number of fused-ring (bicyclic) bond motifs is 3. The van der Waals surface area contributed by atoms with Crippen LogP contribution >= 0.6 is 11.6 Å². The summed E-state index contributed by atoms with van der Waals surface area (Å²) in [4.78, 5) is 0. The van der Waals surface area contributed by atoms with Gasteiger partial charge in [-0.1, -0.05) is 11.6 Å². The van der Waals surface area contributed by atoms with Crippen molar-refractivity contribution in [1.82, 2.24) is 0 Å². The summed E-state index contributed by atoms with van der Waals surface area (Å²) in [5.74, 6) is -0.801. The van der Waals surface area contributed by atoms with Crippen LogP contribution in [0.25, 0.3) is 0 Å². The fourth-order valence-corrected chi connectivity index (χ4v) is 4.04. The molecule has 0 saturated carbocycles. The van der Waals surface area contributed by atoms with E-state index in [1.165, 1.54) is 0 Å². The average molecular weight is 400 g/mol. The minimum Gasteiger partial charge on any atom is -0.490 e. The van der Waals surface area contributed by atoms with E-state index in [-0.39, 0.29) is 31.0 Å². The summed E-state index contributed by atoms with van der Waals surface area (Å²) >= 11 is 6.03. The molecular formula is C19H26ClNO6. The third-order valence-electron chi connectivity index (χ3n) is 4.90. The average Bonchev–Trinajstić information content (AvgIpc) is 3.07. The summed E-state index contributed by atoms with van der Waals surface area (Å²) in [5, 5.41) is 0.618. The Bertz CT molecular complexity index is 711. The Hall–Kier alpha value is -0.930. The number of rotatable bonds is 4. The van der Waals surface area contributed by atoms with Crippen molar-refractivity contribution < 1.29 is 28.4 Å². The van der Waals surface area contributed by atoms with Gasteiger partial charge in [-0.2, -0.15) is 0 Å². The normalized spacial score (nSPS) is 36.3. The highest BCUT2D eigenvalue weighted by atomic mass is 35.5. The molecule has 3 aliphatic heterocycles. The van der Waals surface area contributed by atoms with Crippen LogP contribution in [0.3, 0.4) is 0 Å². The second-order valence-electron chi connectivity index (χ2n) is 7.98. The topological polar surface area (TPSA) is 81.4 Å². The van der Waals surface area contributed by atoms with Crippen LogP contribution in [-0.4, -0.2) is 48.9 Å².